The first kappa shape index (κ1) is 17.9. The summed E-state index contributed by atoms with van der Waals surface area (Å²) in [6.45, 7) is 4.89. The molecule has 0 spiro atoms. The lowest BCUT2D eigenvalue weighted by molar-refractivity contribution is 0.150. The Hall–Kier alpha value is -2.40. The lowest BCUT2D eigenvalue weighted by Crippen LogP contribution is -2.37. The van der Waals surface area contributed by atoms with Gasteiger partial charge in [-0.05, 0) is 37.0 Å². The Morgan fingerprint density at radius 2 is 2.00 bits per heavy atom. The molecule has 5 heteroatoms. The molecule has 128 valence electrons. The van der Waals surface area contributed by atoms with E-state index in [1.54, 1.807) is 18.1 Å². The first-order valence-electron chi connectivity index (χ1n) is 8.11. The van der Waals surface area contributed by atoms with Gasteiger partial charge in [0.05, 0.1) is 6.10 Å². The van der Waals surface area contributed by atoms with Gasteiger partial charge in [0.2, 0.25) is 0 Å². The van der Waals surface area contributed by atoms with E-state index in [4.69, 9.17) is 0 Å². The maximum atomic E-state index is 12.1. The summed E-state index contributed by atoms with van der Waals surface area (Å²) in [6.07, 6.45) is 1.71. The number of urea groups is 1. The van der Waals surface area contributed by atoms with Gasteiger partial charge in [-0.15, -0.1) is 0 Å². The van der Waals surface area contributed by atoms with Crippen LogP contribution < -0.4 is 5.32 Å². The van der Waals surface area contributed by atoms with Crippen LogP contribution >= 0.6 is 0 Å². The number of hydrogen-bond donors (Lipinski definition) is 2. The van der Waals surface area contributed by atoms with Crippen molar-refractivity contribution in [1.82, 2.24) is 15.2 Å². The molecule has 0 radical (unpaired) electrons. The first-order valence-corrected chi connectivity index (χ1v) is 8.11. The van der Waals surface area contributed by atoms with E-state index in [9.17, 15) is 9.90 Å². The van der Waals surface area contributed by atoms with Crippen molar-refractivity contribution in [1.29, 1.82) is 0 Å². The molecule has 24 heavy (non-hydrogen) atoms. The Labute approximate surface area is 143 Å². The number of benzene rings is 1. The quantitative estimate of drug-likeness (QED) is 0.857. The fourth-order valence-corrected chi connectivity index (χ4v) is 2.37. The highest BCUT2D eigenvalue weighted by molar-refractivity contribution is 5.73. The summed E-state index contributed by atoms with van der Waals surface area (Å²) in [5.41, 5.74) is 3.95. The molecule has 2 N–H and O–H groups in total. The van der Waals surface area contributed by atoms with Gasteiger partial charge in [0.25, 0.3) is 0 Å². The molecule has 2 rings (SSSR count). The third-order valence-electron chi connectivity index (χ3n) is 4.11. The van der Waals surface area contributed by atoms with Crippen LogP contribution in [0.5, 0.6) is 0 Å². The predicted octanol–water partition coefficient (Wildman–Crippen LogP) is 2.96. The van der Waals surface area contributed by atoms with Crippen molar-refractivity contribution in [3.05, 3.63) is 65.0 Å². The molecule has 0 aliphatic heterocycles. The summed E-state index contributed by atoms with van der Waals surface area (Å²) in [5, 5.41) is 13.0. The summed E-state index contributed by atoms with van der Waals surface area (Å²) in [7, 11) is 1.73. The normalized spacial score (nSPS) is 11.8. The summed E-state index contributed by atoms with van der Waals surface area (Å²) in [6, 6.07) is 11.3. The molecule has 1 aromatic heterocycles. The minimum absolute atomic E-state index is 0.159. The zero-order valence-corrected chi connectivity index (χ0v) is 14.5. The minimum atomic E-state index is -0.564. The highest BCUT2D eigenvalue weighted by Crippen LogP contribution is 2.16. The largest absolute Gasteiger partial charge is 0.388 e. The van der Waals surface area contributed by atoms with E-state index in [2.05, 4.69) is 10.3 Å². The Morgan fingerprint density at radius 3 is 2.67 bits per heavy atom. The number of carbonyl (C=O) groups is 1. The van der Waals surface area contributed by atoms with Gasteiger partial charge in [-0.25, -0.2) is 4.79 Å². The van der Waals surface area contributed by atoms with Gasteiger partial charge in [0, 0.05) is 32.0 Å². The molecule has 0 unspecified atom stereocenters. The van der Waals surface area contributed by atoms with E-state index in [-0.39, 0.29) is 6.03 Å². The van der Waals surface area contributed by atoms with E-state index in [0.717, 1.165) is 22.4 Å². The number of aryl methyl sites for hydroxylation is 2. The SMILES string of the molecule is Cc1cc(CNC(=O)N(C)CC[C@H](O)c2ccccc2)cnc1C. The number of aromatic nitrogens is 1. The number of hydrogen-bond acceptors (Lipinski definition) is 3. The van der Waals surface area contributed by atoms with Gasteiger partial charge < -0.3 is 15.3 Å². The maximum Gasteiger partial charge on any atom is 0.317 e. The number of aliphatic hydroxyl groups excluding tert-OH is 1. The number of amides is 2. The van der Waals surface area contributed by atoms with E-state index < -0.39 is 6.10 Å². The van der Waals surface area contributed by atoms with Crippen molar-refractivity contribution < 1.29 is 9.90 Å². The average molecular weight is 327 g/mol. The number of aliphatic hydroxyl groups is 1. The van der Waals surface area contributed by atoms with E-state index in [1.165, 1.54) is 0 Å². The minimum Gasteiger partial charge on any atom is -0.388 e. The Morgan fingerprint density at radius 1 is 1.29 bits per heavy atom. The summed E-state index contributed by atoms with van der Waals surface area (Å²) >= 11 is 0. The van der Waals surface area contributed by atoms with Gasteiger partial charge in [-0.1, -0.05) is 36.4 Å². The van der Waals surface area contributed by atoms with Crippen LogP contribution in [-0.2, 0) is 6.54 Å². The number of rotatable bonds is 6. The van der Waals surface area contributed by atoms with Gasteiger partial charge in [0.15, 0.2) is 0 Å². The second-order valence-electron chi connectivity index (χ2n) is 6.04. The molecule has 2 amide bonds. The summed E-state index contributed by atoms with van der Waals surface area (Å²) in [5.74, 6) is 0. The molecule has 2 aromatic rings. The maximum absolute atomic E-state index is 12.1. The van der Waals surface area contributed by atoms with Crippen molar-refractivity contribution in [3.8, 4) is 0 Å². The molecule has 0 saturated carbocycles. The second kappa shape index (κ2) is 8.45. The fourth-order valence-electron chi connectivity index (χ4n) is 2.37. The Kier molecular flexibility index (Phi) is 6.32. The zero-order chi connectivity index (χ0) is 17.5. The van der Waals surface area contributed by atoms with E-state index in [1.807, 2.05) is 50.2 Å². The van der Waals surface area contributed by atoms with Crippen LogP contribution in [0.2, 0.25) is 0 Å². The topological polar surface area (TPSA) is 65.5 Å². The summed E-state index contributed by atoms with van der Waals surface area (Å²) in [4.78, 5) is 18.0. The van der Waals surface area contributed by atoms with Crippen molar-refractivity contribution in [2.75, 3.05) is 13.6 Å². The fraction of sp³-hybridized carbons (Fsp3) is 0.368. The summed E-state index contributed by atoms with van der Waals surface area (Å²) < 4.78 is 0. The van der Waals surface area contributed by atoms with Crippen molar-refractivity contribution in [3.63, 3.8) is 0 Å². The third kappa shape index (κ3) is 5.06. The molecule has 5 nitrogen and oxygen atoms in total. The van der Waals surface area contributed by atoms with Crippen LogP contribution in [0.1, 0.15) is 34.9 Å². The van der Waals surface area contributed by atoms with Crippen molar-refractivity contribution >= 4 is 6.03 Å². The van der Waals surface area contributed by atoms with Gasteiger partial charge in [0.1, 0.15) is 0 Å². The molecule has 1 aromatic carbocycles. The lowest BCUT2D eigenvalue weighted by atomic mass is 10.1. The van der Waals surface area contributed by atoms with Crippen LogP contribution in [0.25, 0.3) is 0 Å². The van der Waals surface area contributed by atoms with Crippen LogP contribution in [0, 0.1) is 13.8 Å². The number of carbonyl (C=O) groups excluding carboxylic acids is 1. The van der Waals surface area contributed by atoms with Crippen LogP contribution in [0.15, 0.2) is 42.6 Å². The van der Waals surface area contributed by atoms with Crippen LogP contribution in [0.3, 0.4) is 0 Å². The molecule has 1 atom stereocenters. The zero-order valence-electron chi connectivity index (χ0n) is 14.5. The van der Waals surface area contributed by atoms with Crippen molar-refractivity contribution in [2.45, 2.75) is 32.9 Å². The van der Waals surface area contributed by atoms with Gasteiger partial charge in [-0.3, -0.25) is 4.98 Å². The van der Waals surface area contributed by atoms with Crippen LogP contribution in [-0.4, -0.2) is 34.6 Å². The molecular weight excluding hydrogens is 302 g/mol. The predicted molar refractivity (Wildman–Crippen MR) is 94.6 cm³/mol. The third-order valence-corrected chi connectivity index (χ3v) is 4.11. The van der Waals surface area contributed by atoms with Gasteiger partial charge in [-0.2, -0.15) is 0 Å². The van der Waals surface area contributed by atoms with E-state index in [0.29, 0.717) is 19.5 Å². The molecule has 0 saturated heterocycles. The molecule has 1 heterocycles. The molecule has 0 aliphatic rings. The molecule has 0 fully saturated rings. The number of nitrogens with zero attached hydrogens (tertiary/aromatic N) is 2. The molecule has 0 aliphatic carbocycles. The first-order chi connectivity index (χ1) is 11.5. The van der Waals surface area contributed by atoms with Crippen LogP contribution in [0.4, 0.5) is 4.79 Å². The highest BCUT2D eigenvalue weighted by atomic mass is 16.3. The Balaban J connectivity index is 1.78. The molecular formula is C19H25N3O2. The van der Waals surface area contributed by atoms with E-state index >= 15 is 0 Å². The van der Waals surface area contributed by atoms with Crippen molar-refractivity contribution in [2.24, 2.45) is 0 Å². The Bertz CT molecular complexity index is 674. The second-order valence-corrected chi connectivity index (χ2v) is 6.04. The average Bonchev–Trinajstić information content (AvgIpc) is 2.60. The lowest BCUT2D eigenvalue weighted by Gasteiger charge is -2.20. The standard InChI is InChI=1S/C19H25N3O2/c1-14-11-16(12-20-15(14)2)13-21-19(24)22(3)10-9-18(23)17-7-5-4-6-8-17/h4-8,11-12,18,23H,9-10,13H2,1-3H3,(H,21,24)/t18-/m0/s1. The highest BCUT2D eigenvalue weighted by Gasteiger charge is 2.12. The molecule has 0 bridgehead atoms. The monoisotopic (exact) mass is 327 g/mol. The smallest absolute Gasteiger partial charge is 0.317 e. The number of pyridine rings is 1. The number of nitrogens with one attached hydrogen (secondary N) is 1. The van der Waals surface area contributed by atoms with Gasteiger partial charge >= 0.3 is 6.03 Å².